The molecule has 0 saturated carbocycles. The van der Waals surface area contributed by atoms with E-state index in [1.165, 1.54) is 36.4 Å². The van der Waals surface area contributed by atoms with Crippen LogP contribution in [0.3, 0.4) is 0 Å². The molecule has 32 heavy (non-hydrogen) atoms. The van der Waals surface area contributed by atoms with E-state index in [9.17, 15) is 34.8 Å². The van der Waals surface area contributed by atoms with E-state index in [1.54, 1.807) is 4.72 Å². The second-order valence-electron chi connectivity index (χ2n) is 6.78. The molecule has 8 nitrogen and oxygen atoms in total. The van der Waals surface area contributed by atoms with Gasteiger partial charge in [-0.05, 0) is 42.5 Å². The third-order valence-corrected chi connectivity index (χ3v) is 6.83. The SMILES string of the molecule is CC(=O)NS(=O)(=O)c1ccc(-n2nc(C(F)(F)F)cc2-c2ccc(S(C)(=O)=O)cc2)cc1. The van der Waals surface area contributed by atoms with Crippen LogP contribution in [0.1, 0.15) is 12.6 Å². The Balaban J connectivity index is 2.10. The van der Waals surface area contributed by atoms with Crippen LogP contribution >= 0.6 is 0 Å². The highest BCUT2D eigenvalue weighted by Crippen LogP contribution is 2.33. The Hall–Kier alpha value is -3.19. The average Bonchev–Trinajstić information content (AvgIpc) is 3.12. The van der Waals surface area contributed by atoms with Gasteiger partial charge in [0.05, 0.1) is 21.2 Å². The zero-order valence-electron chi connectivity index (χ0n) is 16.6. The highest BCUT2D eigenvalue weighted by atomic mass is 32.2. The second-order valence-corrected chi connectivity index (χ2v) is 10.5. The fourth-order valence-corrected chi connectivity index (χ4v) is 4.43. The maximum atomic E-state index is 13.3. The van der Waals surface area contributed by atoms with E-state index in [-0.39, 0.29) is 26.7 Å². The van der Waals surface area contributed by atoms with Crippen molar-refractivity contribution in [3.05, 3.63) is 60.3 Å². The minimum Gasteiger partial charge on any atom is -0.274 e. The molecule has 0 saturated heterocycles. The minimum atomic E-state index is -4.75. The molecule has 1 heterocycles. The summed E-state index contributed by atoms with van der Waals surface area (Å²) in [6.07, 6.45) is -3.74. The number of aromatic nitrogens is 2. The molecule has 13 heteroatoms. The van der Waals surface area contributed by atoms with Gasteiger partial charge < -0.3 is 0 Å². The number of halogens is 3. The number of amides is 1. The van der Waals surface area contributed by atoms with Crippen molar-refractivity contribution >= 4 is 25.8 Å². The van der Waals surface area contributed by atoms with Crippen LogP contribution in [0.15, 0.2) is 64.4 Å². The number of hydrogen-bond donors (Lipinski definition) is 1. The number of rotatable bonds is 5. The van der Waals surface area contributed by atoms with Crippen LogP contribution in [0.4, 0.5) is 13.2 Å². The van der Waals surface area contributed by atoms with Crippen LogP contribution in [-0.2, 0) is 30.8 Å². The Morgan fingerprint density at radius 1 is 0.938 bits per heavy atom. The summed E-state index contributed by atoms with van der Waals surface area (Å²) < 4.78 is 90.1. The molecule has 0 fully saturated rings. The summed E-state index contributed by atoms with van der Waals surface area (Å²) in [4.78, 5) is 10.8. The normalized spacial score (nSPS) is 12.5. The molecule has 1 N–H and O–H groups in total. The number of benzene rings is 2. The molecular formula is C19H16F3N3O5S2. The molecule has 3 rings (SSSR count). The summed E-state index contributed by atoms with van der Waals surface area (Å²) in [5.41, 5.74) is -0.802. The van der Waals surface area contributed by atoms with Crippen LogP contribution in [-0.4, -0.2) is 38.8 Å². The fourth-order valence-electron chi connectivity index (χ4n) is 2.81. The van der Waals surface area contributed by atoms with E-state index in [4.69, 9.17) is 0 Å². The van der Waals surface area contributed by atoms with Crippen LogP contribution in [0.25, 0.3) is 16.9 Å². The number of nitrogens with zero attached hydrogens (tertiary/aromatic N) is 2. The molecule has 170 valence electrons. The summed E-state index contributed by atoms with van der Waals surface area (Å²) in [7, 11) is -7.62. The van der Waals surface area contributed by atoms with Crippen molar-refractivity contribution in [2.45, 2.75) is 22.9 Å². The number of sulfonamides is 1. The van der Waals surface area contributed by atoms with Crippen molar-refractivity contribution in [2.75, 3.05) is 6.26 Å². The first-order valence-corrected chi connectivity index (χ1v) is 12.2. The van der Waals surface area contributed by atoms with Gasteiger partial charge >= 0.3 is 6.18 Å². The first-order chi connectivity index (χ1) is 14.7. The predicted octanol–water partition coefficient (Wildman–Crippen LogP) is 2.79. The van der Waals surface area contributed by atoms with E-state index in [2.05, 4.69) is 5.10 Å². The third kappa shape index (κ3) is 4.99. The maximum Gasteiger partial charge on any atom is 0.435 e. The average molecular weight is 487 g/mol. The fraction of sp³-hybridized carbons (Fsp3) is 0.158. The topological polar surface area (TPSA) is 115 Å². The van der Waals surface area contributed by atoms with Crippen LogP contribution in [0.5, 0.6) is 0 Å². The Bertz CT molecular complexity index is 1380. The van der Waals surface area contributed by atoms with Gasteiger partial charge in [0.1, 0.15) is 0 Å². The third-order valence-electron chi connectivity index (χ3n) is 4.25. The van der Waals surface area contributed by atoms with Gasteiger partial charge in [-0.1, -0.05) is 12.1 Å². The lowest BCUT2D eigenvalue weighted by atomic mass is 10.1. The highest BCUT2D eigenvalue weighted by Gasteiger charge is 2.35. The van der Waals surface area contributed by atoms with E-state index in [0.29, 0.717) is 0 Å². The van der Waals surface area contributed by atoms with Gasteiger partial charge in [0.2, 0.25) is 5.91 Å². The van der Waals surface area contributed by atoms with E-state index < -0.39 is 37.6 Å². The largest absolute Gasteiger partial charge is 0.435 e. The van der Waals surface area contributed by atoms with Gasteiger partial charge in [-0.3, -0.25) is 4.79 Å². The zero-order valence-corrected chi connectivity index (χ0v) is 18.2. The monoisotopic (exact) mass is 487 g/mol. The van der Waals surface area contributed by atoms with Gasteiger partial charge in [0, 0.05) is 18.7 Å². The lowest BCUT2D eigenvalue weighted by Gasteiger charge is -2.10. The van der Waals surface area contributed by atoms with E-state index >= 15 is 0 Å². The quantitative estimate of drug-likeness (QED) is 0.592. The molecule has 0 aliphatic rings. The Morgan fingerprint density at radius 2 is 1.47 bits per heavy atom. The number of alkyl halides is 3. The van der Waals surface area contributed by atoms with Gasteiger partial charge in [-0.2, -0.15) is 18.3 Å². The summed E-state index contributed by atoms with van der Waals surface area (Å²) >= 11 is 0. The van der Waals surface area contributed by atoms with Crippen molar-refractivity contribution < 1.29 is 34.8 Å². The Labute approximate surface area is 181 Å². The summed E-state index contributed by atoms with van der Waals surface area (Å²) in [5.74, 6) is -0.796. The summed E-state index contributed by atoms with van der Waals surface area (Å²) in [6, 6.07) is 10.7. The van der Waals surface area contributed by atoms with Crippen LogP contribution < -0.4 is 4.72 Å². The minimum absolute atomic E-state index is 0.00380. The molecule has 0 bridgehead atoms. The Kier molecular flexibility index (Phi) is 5.91. The lowest BCUT2D eigenvalue weighted by molar-refractivity contribution is -0.141. The zero-order chi connectivity index (χ0) is 23.9. The molecule has 0 aliphatic carbocycles. The van der Waals surface area contributed by atoms with Crippen LogP contribution in [0, 0.1) is 0 Å². The number of carbonyl (C=O) groups excluding carboxylic acids is 1. The van der Waals surface area contributed by atoms with Gasteiger partial charge in [-0.25, -0.2) is 26.2 Å². The Morgan fingerprint density at radius 3 is 1.94 bits per heavy atom. The molecule has 0 atom stereocenters. The number of sulfone groups is 1. The second kappa shape index (κ2) is 8.06. The van der Waals surface area contributed by atoms with Crippen LogP contribution in [0.2, 0.25) is 0 Å². The molecular weight excluding hydrogens is 471 g/mol. The molecule has 3 aromatic rings. The maximum absolute atomic E-state index is 13.3. The first-order valence-electron chi connectivity index (χ1n) is 8.80. The molecule has 0 spiro atoms. The van der Waals surface area contributed by atoms with Crippen molar-refractivity contribution in [3.63, 3.8) is 0 Å². The summed E-state index contributed by atoms with van der Waals surface area (Å²) in [6.45, 7) is 1.02. The molecule has 2 aromatic carbocycles. The molecule has 0 unspecified atom stereocenters. The molecule has 0 aliphatic heterocycles. The van der Waals surface area contributed by atoms with Crippen molar-refractivity contribution in [1.29, 1.82) is 0 Å². The van der Waals surface area contributed by atoms with Gasteiger partial charge in [0.15, 0.2) is 15.5 Å². The molecule has 1 aromatic heterocycles. The number of hydrogen-bond acceptors (Lipinski definition) is 6. The lowest BCUT2D eigenvalue weighted by Crippen LogP contribution is -2.28. The molecule has 1 amide bonds. The predicted molar refractivity (Wildman–Crippen MR) is 108 cm³/mol. The van der Waals surface area contributed by atoms with E-state index in [1.807, 2.05) is 0 Å². The van der Waals surface area contributed by atoms with Gasteiger partial charge in [-0.15, -0.1) is 0 Å². The standard InChI is InChI=1S/C19H16F3N3O5S2/c1-12(26)24-32(29,30)16-9-5-14(6-10-16)25-17(11-18(23-25)19(20,21)22)13-3-7-15(8-4-13)31(2,27)28/h3-11H,1-2H3,(H,24,26). The van der Waals surface area contributed by atoms with Crippen molar-refractivity contribution in [2.24, 2.45) is 0 Å². The molecule has 0 radical (unpaired) electrons. The smallest absolute Gasteiger partial charge is 0.274 e. The van der Waals surface area contributed by atoms with Crippen molar-refractivity contribution in [3.8, 4) is 16.9 Å². The number of carbonyl (C=O) groups is 1. The number of nitrogens with one attached hydrogen (secondary N) is 1. The first kappa shape index (κ1) is 23.5. The van der Waals surface area contributed by atoms with Gasteiger partial charge in [0.25, 0.3) is 10.0 Å². The van der Waals surface area contributed by atoms with E-state index in [0.717, 1.165) is 36.1 Å². The highest BCUT2D eigenvalue weighted by molar-refractivity contribution is 7.90. The van der Waals surface area contributed by atoms with Crippen molar-refractivity contribution in [1.82, 2.24) is 14.5 Å². The summed E-state index contributed by atoms with van der Waals surface area (Å²) in [5, 5.41) is 3.59.